The first-order chi connectivity index (χ1) is 10.0. The highest BCUT2D eigenvalue weighted by atomic mass is 32.1. The predicted octanol–water partition coefficient (Wildman–Crippen LogP) is 2.36. The summed E-state index contributed by atoms with van der Waals surface area (Å²) in [5.74, 6) is 0.103. The lowest BCUT2D eigenvalue weighted by atomic mass is 10.0. The number of carbonyl (C=O) groups excluding carboxylic acids is 1. The Labute approximate surface area is 129 Å². The SMILES string of the molecule is CN(C)C(=O)CCNc1ccc(C(N)=S)c2ccccc12. The average molecular weight is 301 g/mol. The zero-order valence-corrected chi connectivity index (χ0v) is 13.0. The van der Waals surface area contributed by atoms with E-state index in [2.05, 4.69) is 5.32 Å². The molecule has 0 aliphatic rings. The molecule has 0 fully saturated rings. The molecule has 0 heterocycles. The number of nitrogens with two attached hydrogens (primary N) is 1. The average Bonchev–Trinajstić information content (AvgIpc) is 2.46. The first-order valence-electron chi connectivity index (χ1n) is 6.76. The number of nitrogens with zero attached hydrogens (tertiary/aromatic N) is 1. The summed E-state index contributed by atoms with van der Waals surface area (Å²) in [5.41, 5.74) is 7.62. The first kappa shape index (κ1) is 15.3. The summed E-state index contributed by atoms with van der Waals surface area (Å²) in [7, 11) is 3.52. The molecule has 0 saturated carbocycles. The standard InChI is InChI=1S/C16H19N3OS/c1-19(2)15(20)9-10-18-14-8-7-13(16(17)21)11-5-3-4-6-12(11)14/h3-8,18H,9-10H2,1-2H3,(H2,17,21). The number of amides is 1. The van der Waals surface area contributed by atoms with Crippen molar-refractivity contribution in [3.63, 3.8) is 0 Å². The highest BCUT2D eigenvalue weighted by Crippen LogP contribution is 2.26. The summed E-state index contributed by atoms with van der Waals surface area (Å²) in [4.78, 5) is 13.6. The molecule has 2 aromatic rings. The summed E-state index contributed by atoms with van der Waals surface area (Å²) >= 11 is 5.09. The van der Waals surface area contributed by atoms with Gasteiger partial charge in [-0.1, -0.05) is 36.5 Å². The minimum atomic E-state index is 0.103. The highest BCUT2D eigenvalue weighted by molar-refractivity contribution is 7.80. The van der Waals surface area contributed by atoms with Gasteiger partial charge in [0.25, 0.3) is 0 Å². The molecule has 0 atom stereocenters. The van der Waals surface area contributed by atoms with Gasteiger partial charge in [0.2, 0.25) is 5.91 Å². The van der Waals surface area contributed by atoms with Gasteiger partial charge in [-0.3, -0.25) is 4.79 Å². The molecule has 0 aliphatic heterocycles. The van der Waals surface area contributed by atoms with Crippen molar-refractivity contribution in [3.05, 3.63) is 42.0 Å². The van der Waals surface area contributed by atoms with E-state index in [1.165, 1.54) is 0 Å². The molecule has 2 rings (SSSR count). The topological polar surface area (TPSA) is 58.4 Å². The largest absolute Gasteiger partial charge is 0.389 e. The molecule has 5 heteroatoms. The third kappa shape index (κ3) is 3.49. The number of benzene rings is 2. The highest BCUT2D eigenvalue weighted by Gasteiger charge is 2.08. The summed E-state index contributed by atoms with van der Waals surface area (Å²) in [6.45, 7) is 0.591. The Morgan fingerprint density at radius 3 is 2.48 bits per heavy atom. The Morgan fingerprint density at radius 1 is 1.19 bits per heavy atom. The lowest BCUT2D eigenvalue weighted by molar-refractivity contribution is -0.128. The summed E-state index contributed by atoms with van der Waals surface area (Å²) in [5, 5.41) is 5.39. The Morgan fingerprint density at radius 2 is 1.86 bits per heavy atom. The Balaban J connectivity index is 2.23. The molecule has 3 N–H and O–H groups in total. The quantitative estimate of drug-likeness (QED) is 0.833. The monoisotopic (exact) mass is 301 g/mol. The van der Waals surface area contributed by atoms with Crippen molar-refractivity contribution in [2.45, 2.75) is 6.42 Å². The molecule has 0 radical (unpaired) electrons. The molecule has 0 spiro atoms. The number of rotatable bonds is 5. The zero-order chi connectivity index (χ0) is 15.4. The van der Waals surface area contributed by atoms with E-state index in [9.17, 15) is 4.79 Å². The van der Waals surface area contributed by atoms with Crippen LogP contribution in [0.2, 0.25) is 0 Å². The lowest BCUT2D eigenvalue weighted by Crippen LogP contribution is -2.23. The molecule has 2 aromatic carbocycles. The number of nitrogens with one attached hydrogen (secondary N) is 1. The van der Waals surface area contributed by atoms with Gasteiger partial charge in [-0.25, -0.2) is 0 Å². The van der Waals surface area contributed by atoms with E-state index in [0.29, 0.717) is 18.0 Å². The molecule has 0 aromatic heterocycles. The Kier molecular flexibility index (Phi) is 4.75. The van der Waals surface area contributed by atoms with Gasteiger partial charge in [0.1, 0.15) is 4.99 Å². The van der Waals surface area contributed by atoms with Crippen LogP contribution in [0.3, 0.4) is 0 Å². The van der Waals surface area contributed by atoms with E-state index in [1.54, 1.807) is 19.0 Å². The number of hydrogen-bond donors (Lipinski definition) is 2. The van der Waals surface area contributed by atoms with Crippen LogP contribution in [0.1, 0.15) is 12.0 Å². The predicted molar refractivity (Wildman–Crippen MR) is 91.6 cm³/mol. The van der Waals surface area contributed by atoms with Crippen LogP contribution in [0.4, 0.5) is 5.69 Å². The normalized spacial score (nSPS) is 10.4. The molecule has 0 bridgehead atoms. The summed E-state index contributed by atoms with van der Waals surface area (Å²) < 4.78 is 0. The van der Waals surface area contributed by atoms with Gasteiger partial charge in [0.15, 0.2) is 0 Å². The minimum Gasteiger partial charge on any atom is -0.389 e. The molecule has 110 valence electrons. The number of carbonyl (C=O) groups is 1. The molecular weight excluding hydrogens is 282 g/mol. The third-order valence-electron chi connectivity index (χ3n) is 3.34. The van der Waals surface area contributed by atoms with Crippen molar-refractivity contribution in [3.8, 4) is 0 Å². The second-order valence-corrected chi connectivity index (χ2v) is 5.48. The molecule has 0 aliphatic carbocycles. The van der Waals surface area contributed by atoms with Crippen molar-refractivity contribution in [1.29, 1.82) is 0 Å². The van der Waals surface area contributed by atoms with E-state index in [-0.39, 0.29) is 5.91 Å². The number of fused-ring (bicyclic) bond motifs is 1. The first-order valence-corrected chi connectivity index (χ1v) is 7.17. The van der Waals surface area contributed by atoms with Crippen LogP contribution in [-0.4, -0.2) is 36.4 Å². The second kappa shape index (κ2) is 6.54. The maximum atomic E-state index is 11.6. The van der Waals surface area contributed by atoms with E-state index in [4.69, 9.17) is 18.0 Å². The zero-order valence-electron chi connectivity index (χ0n) is 12.2. The van der Waals surface area contributed by atoms with E-state index in [1.807, 2.05) is 36.4 Å². The van der Waals surface area contributed by atoms with Crippen molar-refractivity contribution in [1.82, 2.24) is 4.90 Å². The summed E-state index contributed by atoms with van der Waals surface area (Å²) in [6, 6.07) is 11.8. The van der Waals surface area contributed by atoms with Crippen molar-refractivity contribution in [2.75, 3.05) is 26.0 Å². The Hall–Kier alpha value is -2.14. The van der Waals surface area contributed by atoms with Crippen molar-refractivity contribution in [2.24, 2.45) is 5.73 Å². The number of anilines is 1. The minimum absolute atomic E-state index is 0.103. The van der Waals surface area contributed by atoms with Gasteiger partial charge < -0.3 is 16.0 Å². The second-order valence-electron chi connectivity index (χ2n) is 5.04. The fourth-order valence-corrected chi connectivity index (χ4v) is 2.37. The van der Waals surface area contributed by atoms with Gasteiger partial charge >= 0.3 is 0 Å². The molecular formula is C16H19N3OS. The number of hydrogen-bond acceptors (Lipinski definition) is 3. The van der Waals surface area contributed by atoms with Gasteiger partial charge in [-0.2, -0.15) is 0 Å². The number of thiocarbonyl (C=S) groups is 1. The molecule has 0 saturated heterocycles. The fourth-order valence-electron chi connectivity index (χ4n) is 2.20. The lowest BCUT2D eigenvalue weighted by Gasteiger charge is -2.14. The van der Waals surface area contributed by atoms with Crippen molar-refractivity contribution >= 4 is 39.6 Å². The van der Waals surface area contributed by atoms with Crippen LogP contribution < -0.4 is 11.1 Å². The summed E-state index contributed by atoms with van der Waals surface area (Å²) in [6.07, 6.45) is 0.457. The van der Waals surface area contributed by atoms with Gasteiger partial charge in [-0.05, 0) is 17.5 Å². The van der Waals surface area contributed by atoms with Crippen LogP contribution in [-0.2, 0) is 4.79 Å². The van der Waals surface area contributed by atoms with E-state index < -0.39 is 0 Å². The van der Waals surface area contributed by atoms with Crippen LogP contribution in [0, 0.1) is 0 Å². The van der Waals surface area contributed by atoms with E-state index in [0.717, 1.165) is 22.0 Å². The van der Waals surface area contributed by atoms with Crippen LogP contribution in [0.15, 0.2) is 36.4 Å². The van der Waals surface area contributed by atoms with Gasteiger partial charge in [-0.15, -0.1) is 0 Å². The molecule has 1 amide bonds. The fraction of sp³-hybridized carbons (Fsp3) is 0.250. The van der Waals surface area contributed by atoms with Crippen LogP contribution >= 0.6 is 12.2 Å². The molecule has 21 heavy (non-hydrogen) atoms. The third-order valence-corrected chi connectivity index (χ3v) is 3.56. The van der Waals surface area contributed by atoms with Crippen molar-refractivity contribution < 1.29 is 4.79 Å². The molecule has 0 unspecified atom stereocenters. The molecule has 4 nitrogen and oxygen atoms in total. The smallest absolute Gasteiger partial charge is 0.223 e. The Bertz CT molecular complexity index is 682. The van der Waals surface area contributed by atoms with E-state index >= 15 is 0 Å². The van der Waals surface area contributed by atoms with Gasteiger partial charge in [0.05, 0.1) is 0 Å². The van der Waals surface area contributed by atoms with Crippen LogP contribution in [0.5, 0.6) is 0 Å². The maximum absolute atomic E-state index is 11.6. The van der Waals surface area contributed by atoms with Gasteiger partial charge in [0, 0.05) is 43.7 Å². The maximum Gasteiger partial charge on any atom is 0.223 e. The van der Waals surface area contributed by atoms with Crippen LogP contribution in [0.25, 0.3) is 10.8 Å².